The van der Waals surface area contributed by atoms with Crippen LogP contribution in [0.15, 0.2) is 30.3 Å². The van der Waals surface area contributed by atoms with Gasteiger partial charge in [-0.05, 0) is 26.3 Å². The summed E-state index contributed by atoms with van der Waals surface area (Å²) >= 11 is 3.17. The molecule has 0 radical (unpaired) electrons. The number of carbonyl (C=O) groups is 3. The predicted octanol–water partition coefficient (Wildman–Crippen LogP) is 2.18. The molecule has 1 N–H and O–H groups in total. The Bertz CT molecular complexity index is 768. The van der Waals surface area contributed by atoms with E-state index < -0.39 is 41.6 Å². The molecule has 3 atom stereocenters. The molecule has 0 saturated carbocycles. The lowest BCUT2D eigenvalue weighted by Gasteiger charge is -2.34. The predicted molar refractivity (Wildman–Crippen MR) is 111 cm³/mol. The van der Waals surface area contributed by atoms with Gasteiger partial charge in [0, 0.05) is 7.11 Å². The molecule has 1 aromatic carbocycles. The Morgan fingerprint density at radius 2 is 1.87 bits per heavy atom. The summed E-state index contributed by atoms with van der Waals surface area (Å²) in [6.45, 7) is 5.03. The lowest BCUT2D eigenvalue weighted by molar-refractivity contribution is -0.170. The van der Waals surface area contributed by atoms with Crippen molar-refractivity contribution in [3.05, 3.63) is 35.9 Å². The summed E-state index contributed by atoms with van der Waals surface area (Å²) in [5.74, 6) is -1.43. The van der Waals surface area contributed by atoms with Gasteiger partial charge in [-0.15, -0.1) is 0 Å². The highest BCUT2D eigenvalue weighted by Crippen LogP contribution is 2.33. The van der Waals surface area contributed by atoms with Crippen LogP contribution in [0.1, 0.15) is 26.3 Å². The maximum atomic E-state index is 13.1. The lowest BCUT2D eigenvalue weighted by atomic mass is 10.1. The number of esters is 1. The average Bonchev–Trinajstić information content (AvgIpc) is 2.98. The van der Waals surface area contributed by atoms with Gasteiger partial charge in [-0.1, -0.05) is 46.3 Å². The van der Waals surface area contributed by atoms with Crippen molar-refractivity contribution in [1.82, 2.24) is 10.2 Å². The normalized spacial score (nSPS) is 22.1. The summed E-state index contributed by atoms with van der Waals surface area (Å²) in [6.07, 6.45) is -1.37. The first-order valence-electron chi connectivity index (χ1n) is 9.31. The quantitative estimate of drug-likeness (QED) is 0.357. The average molecular weight is 487 g/mol. The van der Waals surface area contributed by atoms with Crippen LogP contribution in [-0.4, -0.2) is 66.0 Å². The van der Waals surface area contributed by atoms with Crippen molar-refractivity contribution in [2.45, 2.75) is 51.0 Å². The smallest absolute Gasteiger partial charge is 0.413 e. The molecule has 1 saturated heterocycles. The van der Waals surface area contributed by atoms with Gasteiger partial charge in [0.1, 0.15) is 18.4 Å². The van der Waals surface area contributed by atoms with Gasteiger partial charge in [-0.3, -0.25) is 9.69 Å². The van der Waals surface area contributed by atoms with Crippen molar-refractivity contribution in [2.75, 3.05) is 19.5 Å². The number of halogens is 1. The first kappa shape index (κ1) is 24.1. The van der Waals surface area contributed by atoms with E-state index in [0.717, 1.165) is 5.56 Å². The van der Waals surface area contributed by atoms with Crippen LogP contribution in [-0.2, 0) is 35.1 Å². The fourth-order valence-corrected chi connectivity index (χ4v) is 3.94. The molecule has 0 aromatic heterocycles. The van der Waals surface area contributed by atoms with Crippen molar-refractivity contribution in [3.63, 3.8) is 0 Å². The summed E-state index contributed by atoms with van der Waals surface area (Å²) in [5, 5.41) is 2.48. The van der Waals surface area contributed by atoms with E-state index in [1.54, 1.807) is 20.8 Å². The molecular weight excluding hydrogens is 460 g/mol. The Labute approximate surface area is 184 Å². The van der Waals surface area contributed by atoms with Crippen LogP contribution >= 0.6 is 15.9 Å². The van der Waals surface area contributed by atoms with Crippen molar-refractivity contribution >= 4 is 33.9 Å². The Balaban J connectivity index is 2.23. The number of nitrogens with one attached hydrogen (secondary N) is 1. The minimum Gasteiger partial charge on any atom is -0.465 e. The van der Waals surface area contributed by atoms with Gasteiger partial charge in [-0.2, -0.15) is 0 Å². The number of methoxy groups -OCH3 is 2. The van der Waals surface area contributed by atoms with Crippen LogP contribution in [0.3, 0.4) is 0 Å². The largest absolute Gasteiger partial charge is 0.465 e. The molecule has 1 heterocycles. The number of ether oxygens (including phenoxy) is 4. The van der Waals surface area contributed by atoms with E-state index in [4.69, 9.17) is 18.9 Å². The molecule has 2 rings (SSSR count). The molecule has 166 valence electrons. The summed E-state index contributed by atoms with van der Waals surface area (Å²) in [7, 11) is 2.45. The van der Waals surface area contributed by atoms with Crippen molar-refractivity contribution in [2.24, 2.45) is 0 Å². The van der Waals surface area contributed by atoms with E-state index in [9.17, 15) is 14.4 Å². The van der Waals surface area contributed by atoms with Gasteiger partial charge in [0.25, 0.3) is 0 Å². The van der Waals surface area contributed by atoms with E-state index in [2.05, 4.69) is 21.2 Å². The van der Waals surface area contributed by atoms with Crippen molar-refractivity contribution in [3.8, 4) is 0 Å². The number of hydrogen-bond donors (Lipinski definition) is 1. The highest BCUT2D eigenvalue weighted by molar-refractivity contribution is 9.09. The number of rotatable bonds is 7. The van der Waals surface area contributed by atoms with Crippen LogP contribution in [0.4, 0.5) is 4.79 Å². The van der Waals surface area contributed by atoms with Crippen LogP contribution in [0.25, 0.3) is 0 Å². The number of amides is 2. The van der Waals surface area contributed by atoms with Gasteiger partial charge in [0.05, 0.1) is 18.5 Å². The van der Waals surface area contributed by atoms with E-state index in [-0.39, 0.29) is 11.9 Å². The van der Waals surface area contributed by atoms with Gasteiger partial charge in [0.15, 0.2) is 0 Å². The van der Waals surface area contributed by atoms with E-state index in [1.165, 1.54) is 19.1 Å². The molecule has 9 nitrogen and oxygen atoms in total. The van der Waals surface area contributed by atoms with Gasteiger partial charge in [-0.25, -0.2) is 9.59 Å². The highest BCUT2D eigenvalue weighted by Gasteiger charge is 2.54. The maximum absolute atomic E-state index is 13.1. The zero-order valence-electron chi connectivity index (χ0n) is 17.6. The summed E-state index contributed by atoms with van der Waals surface area (Å²) in [6, 6.07) is 8.12. The molecular formula is C20H27BrN2O7. The molecule has 2 amide bonds. The second kappa shape index (κ2) is 9.76. The molecule has 0 spiro atoms. The van der Waals surface area contributed by atoms with E-state index in [1.807, 2.05) is 30.3 Å². The molecule has 0 bridgehead atoms. The Hall–Kier alpha value is -2.17. The standard InChI is InChI=1S/C20H27BrN2O7/c1-13-15(16(24)22-20(12-21,28-5)17(25)27-4)23(19(2,3)30-13)18(26)29-11-14-9-7-6-8-10-14/h6-10,13,15H,11-12H2,1-5H3,(H,22,24)/t13-,15+,20?/m1/s1. The first-order chi connectivity index (χ1) is 14.1. The third-order valence-electron chi connectivity index (χ3n) is 4.82. The topological polar surface area (TPSA) is 103 Å². The molecule has 1 aromatic rings. The number of nitrogens with zero attached hydrogens (tertiary/aromatic N) is 1. The van der Waals surface area contributed by atoms with Gasteiger partial charge < -0.3 is 24.3 Å². The second-order valence-corrected chi connectivity index (χ2v) is 7.83. The third kappa shape index (κ3) is 4.93. The van der Waals surface area contributed by atoms with E-state index in [0.29, 0.717) is 0 Å². The molecule has 0 aliphatic carbocycles. The third-order valence-corrected chi connectivity index (χ3v) is 5.61. The number of carbonyl (C=O) groups excluding carboxylic acids is 3. The van der Waals surface area contributed by atoms with Crippen molar-refractivity contribution in [1.29, 1.82) is 0 Å². The van der Waals surface area contributed by atoms with Gasteiger partial charge >= 0.3 is 12.1 Å². The van der Waals surface area contributed by atoms with E-state index >= 15 is 0 Å². The number of benzene rings is 1. The van der Waals surface area contributed by atoms with Crippen LogP contribution in [0.2, 0.25) is 0 Å². The lowest BCUT2D eigenvalue weighted by Crippen LogP contribution is -2.63. The Morgan fingerprint density at radius 1 is 1.23 bits per heavy atom. The summed E-state index contributed by atoms with van der Waals surface area (Å²) in [5.41, 5.74) is -2.05. The van der Waals surface area contributed by atoms with Crippen LogP contribution in [0.5, 0.6) is 0 Å². The molecule has 1 fully saturated rings. The Morgan fingerprint density at radius 3 is 2.40 bits per heavy atom. The zero-order valence-corrected chi connectivity index (χ0v) is 19.2. The van der Waals surface area contributed by atoms with Crippen LogP contribution < -0.4 is 5.32 Å². The maximum Gasteiger partial charge on any atom is 0.413 e. The number of hydrogen-bond acceptors (Lipinski definition) is 7. The first-order valence-corrected chi connectivity index (χ1v) is 10.4. The van der Waals surface area contributed by atoms with Gasteiger partial charge in [0.2, 0.25) is 11.6 Å². The molecule has 1 aliphatic heterocycles. The Kier molecular flexibility index (Phi) is 7.84. The number of alkyl halides is 1. The second-order valence-electron chi connectivity index (χ2n) is 7.27. The minimum atomic E-state index is -1.75. The monoisotopic (exact) mass is 486 g/mol. The fourth-order valence-electron chi connectivity index (χ4n) is 3.34. The van der Waals surface area contributed by atoms with Crippen molar-refractivity contribution < 1.29 is 33.3 Å². The molecule has 30 heavy (non-hydrogen) atoms. The zero-order chi connectivity index (χ0) is 22.5. The molecule has 1 aliphatic rings. The summed E-state index contributed by atoms with van der Waals surface area (Å²) in [4.78, 5) is 39.5. The SMILES string of the molecule is COC(=O)C(CBr)(NC(=O)[C@@H]1[C@@H](C)OC(C)(C)N1C(=O)OCc1ccccc1)OC. The summed E-state index contributed by atoms with van der Waals surface area (Å²) < 4.78 is 21.2. The molecule has 1 unspecified atom stereocenters. The fraction of sp³-hybridized carbons (Fsp3) is 0.550. The highest BCUT2D eigenvalue weighted by atomic mass is 79.9. The minimum absolute atomic E-state index is 0.0422. The van der Waals surface area contributed by atoms with Crippen LogP contribution in [0, 0.1) is 0 Å². The molecule has 10 heteroatoms.